The Morgan fingerprint density at radius 2 is 1.39 bits per heavy atom. The highest BCUT2D eigenvalue weighted by atomic mass is 35.5. The Morgan fingerprint density at radius 1 is 0.889 bits per heavy atom. The van der Waals surface area contributed by atoms with Crippen molar-refractivity contribution in [2.45, 2.75) is 6.61 Å². The standard InChI is InChI=1S/C11H5Cl5OS/c12-7-6(4-1-2-18-5(4)3-17)8(13)10(15)11(16)9(7)14/h1-2,17H,3H2. The average Bonchev–Trinajstić information content (AvgIpc) is 2.82. The normalized spacial score (nSPS) is 11.0. The summed E-state index contributed by atoms with van der Waals surface area (Å²) in [6.45, 7) is -0.114. The summed E-state index contributed by atoms with van der Waals surface area (Å²) in [7, 11) is 0. The molecule has 0 atom stereocenters. The molecule has 0 aliphatic carbocycles. The van der Waals surface area contributed by atoms with Crippen LogP contribution in [0.1, 0.15) is 4.88 Å². The highest BCUT2D eigenvalue weighted by Crippen LogP contribution is 2.49. The first kappa shape index (κ1) is 14.7. The van der Waals surface area contributed by atoms with Gasteiger partial charge in [-0.3, -0.25) is 0 Å². The molecule has 0 aliphatic rings. The molecule has 0 aliphatic heterocycles. The van der Waals surface area contributed by atoms with Crippen LogP contribution in [0.5, 0.6) is 0 Å². The number of aliphatic hydroxyl groups is 1. The molecule has 0 radical (unpaired) electrons. The third-order valence-electron chi connectivity index (χ3n) is 2.37. The van der Waals surface area contributed by atoms with E-state index in [1.807, 2.05) is 5.38 Å². The van der Waals surface area contributed by atoms with Crippen LogP contribution in [0, 0.1) is 0 Å². The van der Waals surface area contributed by atoms with Crippen molar-refractivity contribution in [3.05, 3.63) is 41.4 Å². The molecule has 0 spiro atoms. The molecule has 1 aromatic carbocycles. The number of benzene rings is 1. The molecule has 0 amide bonds. The van der Waals surface area contributed by atoms with Crippen molar-refractivity contribution in [1.29, 1.82) is 0 Å². The van der Waals surface area contributed by atoms with Crippen molar-refractivity contribution in [2.75, 3.05) is 0 Å². The van der Waals surface area contributed by atoms with Gasteiger partial charge < -0.3 is 5.11 Å². The number of hydrogen-bond donors (Lipinski definition) is 1. The molecule has 1 aromatic heterocycles. The first-order valence-corrected chi connectivity index (χ1v) is 7.45. The topological polar surface area (TPSA) is 20.2 Å². The first-order valence-electron chi connectivity index (χ1n) is 4.68. The fourth-order valence-electron chi connectivity index (χ4n) is 1.53. The van der Waals surface area contributed by atoms with Crippen molar-refractivity contribution in [3.8, 4) is 11.1 Å². The van der Waals surface area contributed by atoms with Gasteiger partial charge in [-0.2, -0.15) is 0 Å². The molecule has 1 N–H and O–H groups in total. The maximum atomic E-state index is 9.28. The Kier molecular flexibility index (Phi) is 4.71. The van der Waals surface area contributed by atoms with Gasteiger partial charge in [0.2, 0.25) is 0 Å². The summed E-state index contributed by atoms with van der Waals surface area (Å²) >= 11 is 31.6. The average molecular weight is 362 g/mol. The number of thiophene rings is 1. The van der Waals surface area contributed by atoms with Crippen molar-refractivity contribution in [3.63, 3.8) is 0 Å². The lowest BCUT2D eigenvalue weighted by molar-refractivity contribution is 0.286. The van der Waals surface area contributed by atoms with E-state index in [4.69, 9.17) is 58.0 Å². The van der Waals surface area contributed by atoms with Crippen LogP contribution in [0.15, 0.2) is 11.4 Å². The predicted octanol–water partition coefficient (Wildman–Crippen LogP) is 6.17. The van der Waals surface area contributed by atoms with E-state index in [2.05, 4.69) is 0 Å². The molecule has 0 saturated carbocycles. The Balaban J connectivity index is 2.80. The Labute approximate surface area is 133 Å². The largest absolute Gasteiger partial charge is 0.391 e. The van der Waals surface area contributed by atoms with E-state index in [1.54, 1.807) is 6.07 Å². The van der Waals surface area contributed by atoms with Crippen molar-refractivity contribution in [1.82, 2.24) is 0 Å². The molecule has 0 saturated heterocycles. The quantitative estimate of drug-likeness (QED) is 0.500. The van der Waals surface area contributed by atoms with Crippen LogP contribution in [0.25, 0.3) is 11.1 Å². The highest BCUT2D eigenvalue weighted by molar-refractivity contribution is 7.10. The van der Waals surface area contributed by atoms with Gasteiger partial charge in [0.05, 0.1) is 31.7 Å². The molecule has 0 bridgehead atoms. The van der Waals surface area contributed by atoms with Crippen LogP contribution in [-0.4, -0.2) is 5.11 Å². The highest BCUT2D eigenvalue weighted by Gasteiger charge is 2.22. The molecular formula is C11H5Cl5OS. The molecule has 0 fully saturated rings. The second kappa shape index (κ2) is 5.76. The van der Waals surface area contributed by atoms with E-state index >= 15 is 0 Å². The molecular weight excluding hydrogens is 357 g/mol. The van der Waals surface area contributed by atoms with Crippen LogP contribution < -0.4 is 0 Å². The molecule has 2 rings (SSSR count). The van der Waals surface area contributed by atoms with Gasteiger partial charge in [-0.15, -0.1) is 11.3 Å². The summed E-state index contributed by atoms with van der Waals surface area (Å²) in [5.74, 6) is 0. The van der Waals surface area contributed by atoms with Gasteiger partial charge in [0.1, 0.15) is 0 Å². The van der Waals surface area contributed by atoms with Crippen molar-refractivity contribution in [2.24, 2.45) is 0 Å². The summed E-state index contributed by atoms with van der Waals surface area (Å²) < 4.78 is 0. The van der Waals surface area contributed by atoms with Gasteiger partial charge in [-0.25, -0.2) is 0 Å². The number of hydrogen-bond acceptors (Lipinski definition) is 2. The number of rotatable bonds is 2. The van der Waals surface area contributed by atoms with Crippen LogP contribution in [0.3, 0.4) is 0 Å². The molecule has 7 heteroatoms. The van der Waals surface area contributed by atoms with Gasteiger partial charge in [0.25, 0.3) is 0 Å². The molecule has 2 aromatic rings. The van der Waals surface area contributed by atoms with Gasteiger partial charge >= 0.3 is 0 Å². The molecule has 1 nitrogen and oxygen atoms in total. The minimum Gasteiger partial charge on any atom is -0.391 e. The Bertz CT molecular complexity index is 579. The lowest BCUT2D eigenvalue weighted by Crippen LogP contribution is -1.89. The smallest absolute Gasteiger partial charge is 0.0809 e. The van der Waals surface area contributed by atoms with Gasteiger partial charge in [-0.1, -0.05) is 58.0 Å². The zero-order chi connectivity index (χ0) is 13.4. The SMILES string of the molecule is OCc1sccc1-c1c(Cl)c(Cl)c(Cl)c(Cl)c1Cl. The maximum absolute atomic E-state index is 9.28. The monoisotopic (exact) mass is 360 g/mol. The lowest BCUT2D eigenvalue weighted by atomic mass is 10.1. The molecule has 0 unspecified atom stereocenters. The second-order valence-electron chi connectivity index (χ2n) is 3.36. The maximum Gasteiger partial charge on any atom is 0.0809 e. The number of aliphatic hydroxyl groups excluding tert-OH is 1. The molecule has 18 heavy (non-hydrogen) atoms. The summed E-state index contributed by atoms with van der Waals surface area (Å²) in [4.78, 5) is 0.730. The lowest BCUT2D eigenvalue weighted by Gasteiger charge is -2.12. The second-order valence-corrected chi connectivity index (χ2v) is 6.25. The predicted molar refractivity (Wildman–Crippen MR) is 80.7 cm³/mol. The number of halogens is 5. The van der Waals surface area contributed by atoms with E-state index in [9.17, 15) is 5.11 Å². The summed E-state index contributed by atoms with van der Waals surface area (Å²) in [6, 6.07) is 1.80. The van der Waals surface area contributed by atoms with Crippen LogP contribution >= 0.6 is 69.3 Å². The molecule has 96 valence electrons. The van der Waals surface area contributed by atoms with E-state index in [-0.39, 0.29) is 31.7 Å². The third-order valence-corrected chi connectivity index (χ3v) is 5.55. The van der Waals surface area contributed by atoms with Crippen molar-refractivity contribution >= 4 is 69.3 Å². The zero-order valence-corrected chi connectivity index (χ0v) is 13.2. The van der Waals surface area contributed by atoms with E-state index in [0.29, 0.717) is 11.1 Å². The summed E-state index contributed by atoms with van der Waals surface area (Å²) in [5, 5.41) is 12.0. The first-order chi connectivity index (χ1) is 8.49. The minimum absolute atomic E-state index is 0.114. The van der Waals surface area contributed by atoms with Gasteiger partial charge in [-0.05, 0) is 11.4 Å². The van der Waals surface area contributed by atoms with Crippen LogP contribution in [0.4, 0.5) is 0 Å². The summed E-state index contributed by atoms with van der Waals surface area (Å²) in [5.41, 5.74) is 1.20. The Hall–Kier alpha value is 0.330. The van der Waals surface area contributed by atoms with E-state index in [0.717, 1.165) is 4.88 Å². The van der Waals surface area contributed by atoms with Crippen molar-refractivity contribution < 1.29 is 5.11 Å². The van der Waals surface area contributed by atoms with E-state index in [1.165, 1.54) is 11.3 Å². The zero-order valence-electron chi connectivity index (χ0n) is 8.61. The van der Waals surface area contributed by atoms with Gasteiger partial charge in [0, 0.05) is 16.0 Å². The Morgan fingerprint density at radius 3 is 1.89 bits per heavy atom. The fraction of sp³-hybridized carbons (Fsp3) is 0.0909. The molecule has 1 heterocycles. The fourth-order valence-corrected chi connectivity index (χ4v) is 3.61. The third kappa shape index (κ3) is 2.36. The van der Waals surface area contributed by atoms with Gasteiger partial charge in [0.15, 0.2) is 0 Å². The summed E-state index contributed by atoms with van der Waals surface area (Å²) in [6.07, 6.45) is 0. The van der Waals surface area contributed by atoms with Crippen LogP contribution in [0.2, 0.25) is 25.1 Å². The van der Waals surface area contributed by atoms with E-state index < -0.39 is 0 Å². The minimum atomic E-state index is -0.114. The van der Waals surface area contributed by atoms with Crippen LogP contribution in [-0.2, 0) is 6.61 Å².